The van der Waals surface area contributed by atoms with Gasteiger partial charge in [-0.2, -0.15) is 0 Å². The fourth-order valence-electron chi connectivity index (χ4n) is 2.20. The summed E-state index contributed by atoms with van der Waals surface area (Å²) in [7, 11) is 0. The summed E-state index contributed by atoms with van der Waals surface area (Å²) in [6.45, 7) is 1.37. The van der Waals surface area contributed by atoms with Crippen LogP contribution in [0.5, 0.6) is 0 Å². The van der Waals surface area contributed by atoms with E-state index in [0.29, 0.717) is 15.8 Å². The first-order chi connectivity index (χ1) is 9.04. The van der Waals surface area contributed by atoms with E-state index >= 15 is 0 Å². The van der Waals surface area contributed by atoms with Gasteiger partial charge in [-0.05, 0) is 31.5 Å². The molecule has 2 rings (SSSR count). The molecular formula is C12H15Cl3N2Na2O3S. The van der Waals surface area contributed by atoms with Crippen molar-refractivity contribution in [1.29, 1.82) is 0 Å². The Morgan fingerprint density at radius 1 is 1.35 bits per heavy atom. The van der Waals surface area contributed by atoms with Crippen molar-refractivity contribution in [2.75, 3.05) is 19.6 Å². The Balaban J connectivity index is -0.000001000. The number of thiophene rings is 1. The standard InChI is InChI=1S/C12H15ClN2O3S.2ClH.2Na/c13-10-4-3-9(19-10)12(18)14-8-2-1-5-15(6-8)7-11(16)17;;;;/h3-4,8H,1-2,5-7H2,(H,14,18)(H,16,17);2*1H;;/q;;;2*+1/p-2. The van der Waals surface area contributed by atoms with Crippen LogP contribution in [-0.4, -0.2) is 47.6 Å². The number of carbonyl (C=O) groups excluding carboxylic acids is 1. The Labute approximate surface area is 201 Å². The molecule has 0 saturated carbocycles. The number of hydrogen-bond acceptors (Lipinski definition) is 4. The van der Waals surface area contributed by atoms with E-state index < -0.39 is 5.97 Å². The van der Waals surface area contributed by atoms with Gasteiger partial charge in [-0.25, -0.2) is 0 Å². The second kappa shape index (κ2) is 14.6. The van der Waals surface area contributed by atoms with Crippen molar-refractivity contribution in [1.82, 2.24) is 10.2 Å². The van der Waals surface area contributed by atoms with Crippen LogP contribution in [0.2, 0.25) is 4.34 Å². The fraction of sp³-hybridized carbons (Fsp3) is 0.500. The molecule has 1 atom stereocenters. The molecule has 1 fully saturated rings. The molecule has 5 nitrogen and oxygen atoms in total. The van der Waals surface area contributed by atoms with Gasteiger partial charge in [0.25, 0.3) is 5.91 Å². The maximum absolute atomic E-state index is 12.0. The van der Waals surface area contributed by atoms with E-state index in [4.69, 9.17) is 16.7 Å². The number of piperidine rings is 1. The van der Waals surface area contributed by atoms with Gasteiger partial charge in [0, 0.05) is 12.6 Å². The Bertz CT molecular complexity index is 494. The number of nitrogens with zero attached hydrogens (tertiary/aromatic N) is 1. The average Bonchev–Trinajstić information content (AvgIpc) is 2.75. The number of hydrogen-bond donors (Lipinski definition) is 2. The van der Waals surface area contributed by atoms with Crippen LogP contribution < -0.4 is 89.2 Å². The van der Waals surface area contributed by atoms with Gasteiger partial charge in [-0.3, -0.25) is 14.5 Å². The van der Waals surface area contributed by atoms with Gasteiger partial charge >= 0.3 is 65.1 Å². The first kappa shape index (κ1) is 29.2. The molecule has 1 amide bonds. The number of halogens is 3. The van der Waals surface area contributed by atoms with Crippen molar-refractivity contribution in [2.45, 2.75) is 18.9 Å². The minimum atomic E-state index is -0.836. The van der Waals surface area contributed by atoms with Crippen LogP contribution in [0, 0.1) is 0 Å². The molecule has 2 N–H and O–H groups in total. The van der Waals surface area contributed by atoms with Gasteiger partial charge < -0.3 is 35.2 Å². The van der Waals surface area contributed by atoms with E-state index in [1.165, 1.54) is 11.3 Å². The molecule has 0 aliphatic carbocycles. The maximum atomic E-state index is 12.0. The summed E-state index contributed by atoms with van der Waals surface area (Å²) >= 11 is 7.03. The summed E-state index contributed by atoms with van der Waals surface area (Å²) in [5.41, 5.74) is 0. The molecule has 1 aliphatic heterocycles. The number of likely N-dealkylation sites (tertiary alicyclic amines) is 1. The van der Waals surface area contributed by atoms with Gasteiger partial charge in [0.15, 0.2) is 0 Å². The van der Waals surface area contributed by atoms with Crippen molar-refractivity contribution in [3.05, 3.63) is 21.3 Å². The molecular weight excluding hydrogens is 405 g/mol. The predicted molar refractivity (Wildman–Crippen MR) is 73.9 cm³/mol. The normalized spacial score (nSPS) is 16.7. The smallest absolute Gasteiger partial charge is 1.00 e. The quantitative estimate of drug-likeness (QED) is 0.476. The van der Waals surface area contributed by atoms with Crippen LogP contribution in [-0.2, 0) is 4.79 Å². The third-order valence-corrected chi connectivity index (χ3v) is 4.23. The Kier molecular flexibility index (Phi) is 18.6. The second-order valence-corrected chi connectivity index (χ2v) is 6.26. The Morgan fingerprint density at radius 3 is 2.52 bits per heavy atom. The van der Waals surface area contributed by atoms with E-state index in [0.717, 1.165) is 19.4 Å². The van der Waals surface area contributed by atoms with Crippen LogP contribution in [0.3, 0.4) is 0 Å². The van der Waals surface area contributed by atoms with Crippen molar-refractivity contribution >= 4 is 34.8 Å². The summed E-state index contributed by atoms with van der Waals surface area (Å²) in [5.74, 6) is -0.976. The zero-order valence-corrected chi connectivity index (χ0v) is 20.1. The van der Waals surface area contributed by atoms with Crippen molar-refractivity contribution < 1.29 is 98.6 Å². The SMILES string of the molecule is O=C(O)CN1CCCC(NC(=O)c2ccc(Cl)s2)C1.[Cl-].[Cl-].[Na+].[Na+]. The first-order valence-corrected chi connectivity index (χ1v) is 7.24. The molecule has 2 heterocycles. The van der Waals surface area contributed by atoms with Gasteiger partial charge in [-0.15, -0.1) is 11.3 Å². The molecule has 1 aromatic rings. The third kappa shape index (κ3) is 10.3. The summed E-state index contributed by atoms with van der Waals surface area (Å²) in [4.78, 5) is 25.1. The summed E-state index contributed by atoms with van der Waals surface area (Å²) in [5, 5.41) is 11.7. The van der Waals surface area contributed by atoms with Gasteiger partial charge in [-0.1, -0.05) is 11.6 Å². The maximum Gasteiger partial charge on any atom is 1.00 e. The summed E-state index contributed by atoms with van der Waals surface area (Å²) in [6, 6.07) is 3.39. The molecule has 0 spiro atoms. The molecule has 120 valence electrons. The second-order valence-electron chi connectivity index (χ2n) is 4.55. The number of rotatable bonds is 4. The molecule has 1 unspecified atom stereocenters. The number of carbonyl (C=O) groups is 2. The number of carboxylic acids is 1. The first-order valence-electron chi connectivity index (χ1n) is 6.05. The monoisotopic (exact) mass is 418 g/mol. The molecule has 23 heavy (non-hydrogen) atoms. The van der Waals surface area contributed by atoms with E-state index in [1.807, 2.05) is 4.90 Å². The number of amides is 1. The number of carboxylic acid groups (broad SMARTS) is 1. The fourth-order valence-corrected chi connectivity index (χ4v) is 3.15. The minimum Gasteiger partial charge on any atom is -1.00 e. The Morgan fingerprint density at radius 2 is 2.00 bits per heavy atom. The van der Waals surface area contributed by atoms with E-state index in [2.05, 4.69) is 5.32 Å². The molecule has 1 aliphatic rings. The molecule has 1 saturated heterocycles. The van der Waals surface area contributed by atoms with Gasteiger partial charge in [0.2, 0.25) is 0 Å². The van der Waals surface area contributed by atoms with Crippen LogP contribution in [0.25, 0.3) is 0 Å². The zero-order valence-electron chi connectivity index (χ0n) is 13.0. The van der Waals surface area contributed by atoms with E-state index in [-0.39, 0.29) is 102 Å². The molecule has 1 aromatic heterocycles. The average molecular weight is 420 g/mol. The molecule has 0 radical (unpaired) electrons. The van der Waals surface area contributed by atoms with Crippen LogP contribution in [0.1, 0.15) is 22.5 Å². The van der Waals surface area contributed by atoms with Crippen LogP contribution in [0.15, 0.2) is 12.1 Å². The van der Waals surface area contributed by atoms with Gasteiger partial charge in [0.05, 0.1) is 15.8 Å². The Hall–Kier alpha value is 1.47. The van der Waals surface area contributed by atoms with E-state index in [1.54, 1.807) is 12.1 Å². The van der Waals surface area contributed by atoms with Crippen LogP contribution in [0.4, 0.5) is 0 Å². The van der Waals surface area contributed by atoms with Crippen LogP contribution >= 0.6 is 22.9 Å². The molecule has 0 bridgehead atoms. The largest absolute Gasteiger partial charge is 1.00 e. The van der Waals surface area contributed by atoms with Crippen molar-refractivity contribution in [3.63, 3.8) is 0 Å². The molecule has 11 heteroatoms. The number of nitrogens with one attached hydrogen (secondary N) is 1. The summed E-state index contributed by atoms with van der Waals surface area (Å²) < 4.78 is 0.585. The van der Waals surface area contributed by atoms with Crippen molar-refractivity contribution in [3.8, 4) is 0 Å². The zero-order chi connectivity index (χ0) is 13.8. The minimum absolute atomic E-state index is 0. The van der Waals surface area contributed by atoms with Crippen molar-refractivity contribution in [2.24, 2.45) is 0 Å². The topological polar surface area (TPSA) is 69.6 Å². The predicted octanol–water partition coefficient (Wildman–Crippen LogP) is -10.3. The third-order valence-electron chi connectivity index (χ3n) is 3.00. The van der Waals surface area contributed by atoms with Gasteiger partial charge in [0.1, 0.15) is 0 Å². The summed E-state index contributed by atoms with van der Waals surface area (Å²) in [6.07, 6.45) is 1.77. The molecule has 0 aromatic carbocycles. The number of aliphatic carboxylic acids is 1. The van der Waals surface area contributed by atoms with E-state index in [9.17, 15) is 9.59 Å².